The van der Waals surface area contributed by atoms with Crippen molar-refractivity contribution in [2.45, 2.75) is 173 Å². The van der Waals surface area contributed by atoms with E-state index in [1.165, 1.54) is 147 Å². The first-order valence-corrected chi connectivity index (χ1v) is 29.1. The van der Waals surface area contributed by atoms with Crippen molar-refractivity contribution in [3.8, 4) is 16.8 Å². The molecular formula is C73H77BN3. The van der Waals surface area contributed by atoms with Crippen molar-refractivity contribution < 1.29 is 0 Å². The molecule has 1 radical (unpaired) electrons. The van der Waals surface area contributed by atoms with E-state index in [0.29, 0.717) is 0 Å². The molecule has 0 fully saturated rings. The number of nitrogens with zero attached hydrogens (tertiary/aromatic N) is 2. The van der Waals surface area contributed by atoms with E-state index in [2.05, 4.69) is 252 Å². The molecule has 0 amide bonds. The Balaban J connectivity index is 1.16. The first kappa shape index (κ1) is 48.8. The van der Waals surface area contributed by atoms with Crippen molar-refractivity contribution >= 4 is 79.2 Å². The molecule has 3 heterocycles. The van der Waals surface area contributed by atoms with Gasteiger partial charge in [-0.1, -0.05) is 181 Å². The second kappa shape index (κ2) is 15.8. The Hall–Kier alpha value is -6.52. The Morgan fingerprint density at radius 2 is 0.922 bits per heavy atom. The lowest BCUT2D eigenvalue weighted by molar-refractivity contribution is 0.332. The molecule has 2 aliphatic heterocycles. The maximum Gasteiger partial charge on any atom is 0.197 e. The molecule has 0 atom stereocenters. The van der Waals surface area contributed by atoms with E-state index >= 15 is 0 Å². The average molecular weight is 1010 g/mol. The summed E-state index contributed by atoms with van der Waals surface area (Å²) in [7, 11) is 2.61. The standard InChI is InChI=1S/C73H77BN3/c1-67(2)31-32-68(3,4)51-37-44(28-29-48(51)67)75-57-41-54-52(69(5,6)33-35-71(54,9)10)38-46(57)47-39-62(76-58-25-19-17-23-49(58)73(13,14)50-24-18-20-26-59(50)76)64-63-45-22-16-15-21-43(45)27-30-60(63)77-61-42-55-53(40-56(61)74-65(47)66(64)77)70(7,8)34-36-72(55,11)12/h15-30,37-42,75H,31-36H2,1-14H3. The van der Waals surface area contributed by atoms with Gasteiger partial charge in [0.25, 0.3) is 0 Å². The van der Waals surface area contributed by atoms with Gasteiger partial charge < -0.3 is 14.8 Å². The van der Waals surface area contributed by atoms with Gasteiger partial charge >= 0.3 is 0 Å². The van der Waals surface area contributed by atoms with Gasteiger partial charge in [-0.25, -0.2) is 0 Å². The quantitative estimate of drug-likeness (QED) is 0.177. The molecule has 9 aromatic rings. The van der Waals surface area contributed by atoms with Crippen LogP contribution in [0.4, 0.5) is 28.4 Å². The Morgan fingerprint density at radius 3 is 1.55 bits per heavy atom. The fourth-order valence-electron chi connectivity index (χ4n) is 15.5. The summed E-state index contributed by atoms with van der Waals surface area (Å²) in [5, 5.41) is 9.43. The van der Waals surface area contributed by atoms with Crippen LogP contribution in [0.5, 0.6) is 0 Å². The largest absolute Gasteiger partial charge is 0.355 e. The number of benzene rings is 8. The summed E-state index contributed by atoms with van der Waals surface area (Å²) in [5.41, 5.74) is 26.6. The normalized spacial score (nSPS) is 20.1. The number of aromatic nitrogens is 1. The van der Waals surface area contributed by atoms with E-state index in [1.54, 1.807) is 0 Å². The summed E-state index contributed by atoms with van der Waals surface area (Å²) in [4.78, 5) is 2.66. The van der Waals surface area contributed by atoms with Crippen LogP contribution in [0.3, 0.4) is 0 Å². The Kier molecular flexibility index (Phi) is 10.0. The average Bonchev–Trinajstić information content (AvgIpc) is 4.05. The predicted octanol–water partition coefficient (Wildman–Crippen LogP) is 18.5. The zero-order valence-electron chi connectivity index (χ0n) is 48.4. The van der Waals surface area contributed by atoms with Crippen LogP contribution in [0.1, 0.15) is 180 Å². The van der Waals surface area contributed by atoms with E-state index < -0.39 is 0 Å². The lowest BCUT2D eigenvalue weighted by Crippen LogP contribution is -2.41. The summed E-state index contributed by atoms with van der Waals surface area (Å²) in [6.45, 7) is 34.5. The van der Waals surface area contributed by atoms with Crippen molar-refractivity contribution in [3.63, 3.8) is 0 Å². The van der Waals surface area contributed by atoms with Crippen LogP contribution in [0.25, 0.3) is 49.4 Å². The molecule has 77 heavy (non-hydrogen) atoms. The molecule has 0 unspecified atom stereocenters. The fraction of sp³-hybridized carbons (Fsp3) is 0.370. The molecular weight excluding hydrogens is 930 g/mol. The summed E-state index contributed by atoms with van der Waals surface area (Å²) in [6, 6.07) is 52.8. The highest BCUT2D eigenvalue weighted by Crippen LogP contribution is 2.57. The summed E-state index contributed by atoms with van der Waals surface area (Å²) in [5.74, 6) is 0. The number of hydrogen-bond donors (Lipinski definition) is 1. The van der Waals surface area contributed by atoms with Crippen molar-refractivity contribution in [2.24, 2.45) is 0 Å². The van der Waals surface area contributed by atoms with E-state index in [0.717, 1.165) is 24.9 Å². The van der Waals surface area contributed by atoms with Gasteiger partial charge in [0.2, 0.25) is 0 Å². The topological polar surface area (TPSA) is 20.2 Å². The monoisotopic (exact) mass is 1010 g/mol. The van der Waals surface area contributed by atoms with Crippen LogP contribution in [0.15, 0.2) is 133 Å². The first-order valence-electron chi connectivity index (χ1n) is 29.1. The summed E-state index contributed by atoms with van der Waals surface area (Å²) in [6.07, 6.45) is 6.99. The van der Waals surface area contributed by atoms with Crippen LogP contribution in [-0.2, 0) is 37.9 Å². The van der Waals surface area contributed by atoms with E-state index in [9.17, 15) is 0 Å². The number of rotatable bonds is 4. The smallest absolute Gasteiger partial charge is 0.197 e. The van der Waals surface area contributed by atoms with Gasteiger partial charge in [0, 0.05) is 38.8 Å². The molecule has 387 valence electrons. The van der Waals surface area contributed by atoms with Crippen LogP contribution >= 0.6 is 0 Å². The van der Waals surface area contributed by atoms with Gasteiger partial charge in [0.15, 0.2) is 7.28 Å². The lowest BCUT2D eigenvalue weighted by atomic mass is 9.55. The van der Waals surface area contributed by atoms with Crippen LogP contribution in [0.2, 0.25) is 0 Å². The van der Waals surface area contributed by atoms with Crippen LogP contribution < -0.4 is 21.1 Å². The molecule has 0 saturated heterocycles. The van der Waals surface area contributed by atoms with E-state index in [1.807, 2.05) is 0 Å². The van der Waals surface area contributed by atoms with E-state index in [-0.39, 0.29) is 37.9 Å². The second-order valence-electron chi connectivity index (χ2n) is 28.8. The summed E-state index contributed by atoms with van der Waals surface area (Å²) >= 11 is 0. The fourth-order valence-corrected chi connectivity index (χ4v) is 15.5. The minimum absolute atomic E-state index is 0.0112. The molecule has 1 N–H and O–H groups in total. The minimum atomic E-state index is -0.212. The number of hydrogen-bond acceptors (Lipinski definition) is 2. The van der Waals surface area contributed by atoms with E-state index in [4.69, 9.17) is 0 Å². The maximum atomic E-state index is 4.27. The number of anilines is 5. The molecule has 0 saturated carbocycles. The minimum Gasteiger partial charge on any atom is -0.355 e. The second-order valence-corrected chi connectivity index (χ2v) is 28.8. The lowest BCUT2D eigenvalue weighted by Gasteiger charge is -2.44. The molecule has 3 nitrogen and oxygen atoms in total. The Bertz CT molecular complexity index is 3990. The third kappa shape index (κ3) is 6.94. The van der Waals surface area contributed by atoms with Crippen molar-refractivity contribution in [2.75, 3.05) is 10.2 Å². The zero-order valence-corrected chi connectivity index (χ0v) is 48.4. The van der Waals surface area contributed by atoms with Crippen LogP contribution in [0, 0.1) is 0 Å². The number of para-hydroxylation sites is 2. The van der Waals surface area contributed by atoms with Gasteiger partial charge in [-0.05, 0) is 192 Å². The molecule has 4 heteroatoms. The highest BCUT2D eigenvalue weighted by molar-refractivity contribution is 6.74. The van der Waals surface area contributed by atoms with Gasteiger partial charge in [-0.3, -0.25) is 0 Å². The third-order valence-electron chi connectivity index (χ3n) is 20.8. The highest BCUT2D eigenvalue weighted by atomic mass is 15.2. The Morgan fingerprint density at radius 1 is 0.403 bits per heavy atom. The van der Waals surface area contributed by atoms with Gasteiger partial charge in [0.1, 0.15) is 0 Å². The molecule has 5 aliphatic rings. The molecule has 14 rings (SSSR count). The van der Waals surface area contributed by atoms with Crippen LogP contribution in [-0.4, -0.2) is 11.8 Å². The first-order chi connectivity index (χ1) is 36.4. The van der Waals surface area contributed by atoms with Gasteiger partial charge in [0.05, 0.1) is 28.1 Å². The van der Waals surface area contributed by atoms with Crippen molar-refractivity contribution in [1.29, 1.82) is 0 Å². The van der Waals surface area contributed by atoms with Crippen molar-refractivity contribution in [3.05, 3.63) is 178 Å². The molecule has 1 aromatic heterocycles. The van der Waals surface area contributed by atoms with Gasteiger partial charge in [-0.15, -0.1) is 0 Å². The Labute approximate surface area is 459 Å². The summed E-state index contributed by atoms with van der Waals surface area (Å²) < 4.78 is 2.71. The molecule has 0 spiro atoms. The SMILES string of the molecule is CC1(C)CCC(C)(C)c2cc(Nc3cc4c(cc3-c3cc(N5c6ccccc6C(C)(C)c6ccccc65)c5c6c7ccccc7ccc6n6c5c3[B]c3cc5c(cc3-6)C(C)(C)CCC5(C)C)C(C)(C)CCC4(C)C)ccc21. The zero-order chi connectivity index (χ0) is 53.7. The molecule has 3 aliphatic carbocycles. The van der Waals surface area contributed by atoms with Crippen molar-refractivity contribution in [1.82, 2.24) is 4.57 Å². The highest BCUT2D eigenvalue weighted by Gasteiger charge is 2.44. The van der Waals surface area contributed by atoms with Gasteiger partial charge in [-0.2, -0.15) is 0 Å². The maximum absolute atomic E-state index is 4.27. The molecule has 8 aromatic carbocycles. The third-order valence-corrected chi connectivity index (χ3v) is 20.8. The predicted molar refractivity (Wildman–Crippen MR) is 331 cm³/mol. The molecule has 0 bridgehead atoms. The number of nitrogens with one attached hydrogen (secondary N) is 1. The number of fused-ring (bicyclic) bond motifs is 12.